The van der Waals surface area contributed by atoms with Crippen LogP contribution in [0.5, 0.6) is 0 Å². The molecule has 0 spiro atoms. The Morgan fingerprint density at radius 2 is 2.17 bits per heavy atom. The average Bonchev–Trinajstić information content (AvgIpc) is 2.40. The van der Waals surface area contributed by atoms with E-state index in [1.807, 2.05) is 4.90 Å². The molecule has 0 radical (unpaired) electrons. The molecule has 1 fully saturated rings. The Balaban J connectivity index is 2.26. The molecular weight excluding hydrogens is 271 g/mol. The van der Waals surface area contributed by atoms with Crippen LogP contribution in [0, 0.1) is 0 Å². The molecule has 0 aromatic heterocycles. The Kier molecular flexibility index (Phi) is 4.49. The summed E-state index contributed by atoms with van der Waals surface area (Å²) in [7, 11) is 0. The summed E-state index contributed by atoms with van der Waals surface area (Å²) in [5.41, 5.74) is 6.19. The number of halogens is 2. The Hall–Kier alpha value is -0.770. The monoisotopic (exact) mass is 286 g/mol. The molecule has 1 saturated heterocycles. The van der Waals surface area contributed by atoms with Crippen molar-refractivity contribution in [1.82, 2.24) is 4.90 Å². The van der Waals surface area contributed by atoms with Gasteiger partial charge in [-0.15, -0.1) is 0 Å². The molecular formula is C13H16Cl2N2O. The van der Waals surface area contributed by atoms with Crippen LogP contribution in [-0.4, -0.2) is 29.9 Å². The van der Waals surface area contributed by atoms with Gasteiger partial charge in [-0.3, -0.25) is 4.79 Å². The van der Waals surface area contributed by atoms with Gasteiger partial charge < -0.3 is 10.6 Å². The standard InChI is InChI=1S/C13H16Cl2N2O/c14-9-4-5-12(15)11(7-9)13(18)17-6-2-1-3-10(17)8-16/h4-5,7,10H,1-3,6,8,16H2. The smallest absolute Gasteiger partial charge is 0.255 e. The molecule has 18 heavy (non-hydrogen) atoms. The van der Waals surface area contributed by atoms with Crippen molar-refractivity contribution in [2.45, 2.75) is 25.3 Å². The van der Waals surface area contributed by atoms with E-state index in [0.29, 0.717) is 22.2 Å². The van der Waals surface area contributed by atoms with E-state index >= 15 is 0 Å². The fourth-order valence-corrected chi connectivity index (χ4v) is 2.70. The molecule has 2 N–H and O–H groups in total. The zero-order valence-corrected chi connectivity index (χ0v) is 11.5. The third-order valence-electron chi connectivity index (χ3n) is 3.32. The molecule has 5 heteroatoms. The van der Waals surface area contributed by atoms with Crippen LogP contribution >= 0.6 is 23.2 Å². The number of piperidine rings is 1. The van der Waals surface area contributed by atoms with E-state index in [9.17, 15) is 4.79 Å². The third kappa shape index (κ3) is 2.79. The van der Waals surface area contributed by atoms with Crippen molar-refractivity contribution in [3.05, 3.63) is 33.8 Å². The van der Waals surface area contributed by atoms with Gasteiger partial charge in [-0.25, -0.2) is 0 Å². The SMILES string of the molecule is NCC1CCCCN1C(=O)c1cc(Cl)ccc1Cl. The van der Waals surface area contributed by atoms with Crippen molar-refractivity contribution in [2.24, 2.45) is 5.73 Å². The van der Waals surface area contributed by atoms with Crippen LogP contribution < -0.4 is 5.73 Å². The van der Waals surface area contributed by atoms with E-state index in [1.165, 1.54) is 0 Å². The minimum Gasteiger partial charge on any atom is -0.334 e. The lowest BCUT2D eigenvalue weighted by atomic mass is 10.0. The maximum absolute atomic E-state index is 12.5. The van der Waals surface area contributed by atoms with E-state index in [4.69, 9.17) is 28.9 Å². The summed E-state index contributed by atoms with van der Waals surface area (Å²) in [6, 6.07) is 5.06. The number of rotatable bonds is 2. The quantitative estimate of drug-likeness (QED) is 0.909. The molecule has 1 amide bonds. The molecule has 1 aliphatic rings. The van der Waals surface area contributed by atoms with Crippen LogP contribution in [0.15, 0.2) is 18.2 Å². The van der Waals surface area contributed by atoms with Gasteiger partial charge in [-0.2, -0.15) is 0 Å². The number of nitrogens with two attached hydrogens (primary N) is 1. The fourth-order valence-electron chi connectivity index (χ4n) is 2.33. The third-order valence-corrected chi connectivity index (χ3v) is 3.88. The van der Waals surface area contributed by atoms with E-state index in [-0.39, 0.29) is 11.9 Å². The highest BCUT2D eigenvalue weighted by Crippen LogP contribution is 2.25. The van der Waals surface area contributed by atoms with Gasteiger partial charge >= 0.3 is 0 Å². The van der Waals surface area contributed by atoms with Crippen LogP contribution in [0.3, 0.4) is 0 Å². The molecule has 98 valence electrons. The van der Waals surface area contributed by atoms with Crippen LogP contribution in [0.2, 0.25) is 10.0 Å². The summed E-state index contributed by atoms with van der Waals surface area (Å²) in [4.78, 5) is 14.3. The first-order chi connectivity index (χ1) is 8.63. The molecule has 1 heterocycles. The Bertz CT molecular complexity index is 451. The predicted octanol–water partition coefficient (Wildman–Crippen LogP) is 2.95. The largest absolute Gasteiger partial charge is 0.334 e. The average molecular weight is 287 g/mol. The van der Waals surface area contributed by atoms with Gasteiger partial charge in [0.25, 0.3) is 5.91 Å². The minimum absolute atomic E-state index is 0.0716. The highest BCUT2D eigenvalue weighted by atomic mass is 35.5. The zero-order valence-electron chi connectivity index (χ0n) is 10.0. The van der Waals surface area contributed by atoms with Gasteiger partial charge in [-0.05, 0) is 37.5 Å². The molecule has 0 bridgehead atoms. The van der Waals surface area contributed by atoms with Crippen molar-refractivity contribution in [3.63, 3.8) is 0 Å². The number of amides is 1. The zero-order chi connectivity index (χ0) is 13.1. The minimum atomic E-state index is -0.0716. The van der Waals surface area contributed by atoms with Gasteiger partial charge in [-0.1, -0.05) is 23.2 Å². The number of hydrogen-bond acceptors (Lipinski definition) is 2. The Morgan fingerprint density at radius 1 is 1.39 bits per heavy atom. The van der Waals surface area contributed by atoms with Crippen molar-refractivity contribution in [2.75, 3.05) is 13.1 Å². The van der Waals surface area contributed by atoms with E-state index in [0.717, 1.165) is 25.8 Å². The second kappa shape index (κ2) is 5.91. The van der Waals surface area contributed by atoms with Gasteiger partial charge in [0.05, 0.1) is 10.6 Å². The van der Waals surface area contributed by atoms with Crippen molar-refractivity contribution >= 4 is 29.1 Å². The Morgan fingerprint density at radius 3 is 2.89 bits per heavy atom. The maximum Gasteiger partial charge on any atom is 0.255 e. The van der Waals surface area contributed by atoms with Crippen LogP contribution in [0.25, 0.3) is 0 Å². The van der Waals surface area contributed by atoms with Gasteiger partial charge in [0.15, 0.2) is 0 Å². The van der Waals surface area contributed by atoms with E-state index in [1.54, 1.807) is 18.2 Å². The lowest BCUT2D eigenvalue weighted by molar-refractivity contribution is 0.0623. The molecule has 3 nitrogen and oxygen atoms in total. The number of nitrogens with zero attached hydrogens (tertiary/aromatic N) is 1. The van der Waals surface area contributed by atoms with Crippen LogP contribution in [0.4, 0.5) is 0 Å². The molecule has 1 aliphatic heterocycles. The molecule has 1 atom stereocenters. The summed E-state index contributed by atoms with van der Waals surface area (Å²) in [5, 5.41) is 0.954. The summed E-state index contributed by atoms with van der Waals surface area (Å²) in [6.07, 6.45) is 3.09. The molecule has 1 unspecified atom stereocenters. The second-order valence-corrected chi connectivity index (χ2v) is 5.35. The summed E-state index contributed by atoms with van der Waals surface area (Å²) < 4.78 is 0. The molecule has 1 aromatic rings. The van der Waals surface area contributed by atoms with Gasteiger partial charge in [0, 0.05) is 24.2 Å². The lowest BCUT2D eigenvalue weighted by Gasteiger charge is -2.35. The number of carbonyl (C=O) groups excluding carboxylic acids is 1. The fraction of sp³-hybridized carbons (Fsp3) is 0.462. The Labute approximate surface area is 117 Å². The highest BCUT2D eigenvalue weighted by Gasteiger charge is 2.27. The summed E-state index contributed by atoms with van der Waals surface area (Å²) >= 11 is 12.0. The van der Waals surface area contributed by atoms with E-state index < -0.39 is 0 Å². The second-order valence-electron chi connectivity index (χ2n) is 4.51. The first kappa shape index (κ1) is 13.7. The number of likely N-dealkylation sites (tertiary alicyclic amines) is 1. The topological polar surface area (TPSA) is 46.3 Å². The molecule has 1 aromatic carbocycles. The maximum atomic E-state index is 12.5. The number of carbonyl (C=O) groups is 1. The molecule has 0 saturated carbocycles. The first-order valence-corrected chi connectivity index (χ1v) is 6.85. The van der Waals surface area contributed by atoms with Crippen molar-refractivity contribution in [3.8, 4) is 0 Å². The summed E-state index contributed by atoms with van der Waals surface area (Å²) in [6.45, 7) is 1.23. The summed E-state index contributed by atoms with van der Waals surface area (Å²) in [5.74, 6) is -0.0716. The number of benzene rings is 1. The molecule has 2 rings (SSSR count). The number of hydrogen-bond donors (Lipinski definition) is 1. The van der Waals surface area contributed by atoms with Crippen LogP contribution in [0.1, 0.15) is 29.6 Å². The van der Waals surface area contributed by atoms with Crippen LogP contribution in [-0.2, 0) is 0 Å². The normalized spacial score (nSPS) is 19.9. The van der Waals surface area contributed by atoms with Crippen molar-refractivity contribution < 1.29 is 4.79 Å². The van der Waals surface area contributed by atoms with Gasteiger partial charge in [0.2, 0.25) is 0 Å². The predicted molar refractivity (Wildman–Crippen MR) is 74.2 cm³/mol. The van der Waals surface area contributed by atoms with Crippen molar-refractivity contribution in [1.29, 1.82) is 0 Å². The van der Waals surface area contributed by atoms with E-state index in [2.05, 4.69) is 0 Å². The van der Waals surface area contributed by atoms with Gasteiger partial charge in [0.1, 0.15) is 0 Å². The first-order valence-electron chi connectivity index (χ1n) is 6.09. The molecule has 0 aliphatic carbocycles. The highest BCUT2D eigenvalue weighted by molar-refractivity contribution is 6.35. The lowest BCUT2D eigenvalue weighted by Crippen LogP contribution is -2.47.